The number of halogens is 6. The minimum atomic E-state index is -1.86. The Balaban J connectivity index is 0.00000156. The summed E-state index contributed by atoms with van der Waals surface area (Å²) >= 11 is 21.3. The number of alkyl halides is 1. The number of terminal acetylenes is 1. The summed E-state index contributed by atoms with van der Waals surface area (Å²) in [4.78, 5) is 64.4. The van der Waals surface area contributed by atoms with Gasteiger partial charge in [-0.15, -0.1) is 6.42 Å². The molecule has 27 nitrogen and oxygen atoms in total. The first-order chi connectivity index (χ1) is 62.4. The van der Waals surface area contributed by atoms with Crippen LogP contribution in [0.4, 0.5) is 0 Å². The van der Waals surface area contributed by atoms with E-state index in [9.17, 15) is 34.2 Å². The number of carbonyl (C=O) groups is 5. The molecule has 0 bridgehead atoms. The van der Waals surface area contributed by atoms with Gasteiger partial charge in [-0.25, -0.2) is 9.97 Å². The number of aliphatic hydroxyl groups is 4. The second kappa shape index (κ2) is 63.6. The van der Waals surface area contributed by atoms with Gasteiger partial charge in [0.2, 0.25) is 5.78 Å². The summed E-state index contributed by atoms with van der Waals surface area (Å²) in [5.41, 5.74) is 22.4. The second-order valence-corrected chi connectivity index (χ2v) is 54.5. The molecule has 0 unspecified atom stereocenters. The number of ether oxygens (including phenoxy) is 1. The zero-order valence-corrected chi connectivity index (χ0v) is 93.4. The summed E-state index contributed by atoms with van der Waals surface area (Å²) in [6, 6.07) is 49.7. The Morgan fingerprint density at radius 3 is 1.24 bits per heavy atom. The van der Waals surface area contributed by atoms with Crippen molar-refractivity contribution in [3.05, 3.63) is 288 Å². The number of aliphatic hydroxyl groups excluding tert-OH is 4. The van der Waals surface area contributed by atoms with Crippen molar-refractivity contribution in [3.63, 3.8) is 0 Å². The maximum atomic E-state index is 11.8. The predicted molar refractivity (Wildman–Crippen MR) is 568 cm³/mol. The van der Waals surface area contributed by atoms with Crippen LogP contribution < -0.4 is 18.9 Å². The Hall–Kier alpha value is -7.08. The van der Waals surface area contributed by atoms with Crippen molar-refractivity contribution in [2.24, 2.45) is 0 Å². The van der Waals surface area contributed by atoms with Gasteiger partial charge in [0.15, 0.2) is 65.9 Å². The fourth-order valence-corrected chi connectivity index (χ4v) is 15.4. The summed E-state index contributed by atoms with van der Waals surface area (Å²) in [6.45, 7) is 48.9. The number of aromatic nitrogens is 12. The van der Waals surface area contributed by atoms with Crippen LogP contribution >= 0.6 is 97.9 Å². The minimum absolute atomic E-state index is 0. The standard InChI is InChI=1S/C19H27BrN2O2Si.C19H30N2O2Si.C19H28N2O2Si.C13H13BrN2O2.C7H6Br2.C6H8N2O2.C4H2ClIN2.C4H8O.C3H4N2O.C3H4O.Al.Li.4H/c1-14(23)18-11-17(13-24-25(5,6)19(2,3)4)22(21-18)12-15-8-7-9-16(20)10-15;2*1-15-8-7-9-16(10-15)12-21-18(11-17(13-22)20-21)14-23-24(5,6)19(2,3)4;1-9(18)13-6-12(8-17)16(15-13)7-10-3-2-4-11(14)5-10;8-5-6-2-1-3-7(9)4-6;1-4(10)6-2-5(3-9)7-8-6;5-4-3(6)1-7-2-8-4;1-2-4-5-3-1;1-3(6)2-5-4;1-2-3-4;;;;;;/h7-11H,12-13H2,1-6H3;7-11,22H,12-14H2,1-6H3;7-11,13H,12,14H2,1-6H3;2-6,17H,7-8H2,1H3;1-4H,5H2;2,9H,3H2,1H3,(H,7,8);1-2H;1-4H2;2H,1H3;1,4H,3H2;;;;;;/q;;;;;;;;;;;+1;;;;-1. The second-order valence-electron chi connectivity index (χ2n) is 35.2. The number of Topliss-reactive ketones (excluding diaryl/α,β-unsaturated/α-hetero) is 4. The van der Waals surface area contributed by atoms with E-state index >= 15 is 0 Å². The van der Waals surface area contributed by atoms with Crippen LogP contribution in [0.3, 0.4) is 0 Å². The smallest absolute Gasteiger partial charge is 1.00 e. The fourth-order valence-electron chi connectivity index (χ4n) is 10.5. The predicted octanol–water partition coefficient (Wildman–Crippen LogP) is 18.0. The molecule has 11 aromatic rings. The molecule has 0 atom stereocenters. The average molecular weight is 2300 g/mol. The van der Waals surface area contributed by atoms with Crippen LogP contribution in [0, 0.1) is 29.8 Å². The van der Waals surface area contributed by atoms with Crippen molar-refractivity contribution in [2.45, 2.75) is 242 Å². The van der Waals surface area contributed by atoms with Gasteiger partial charge < -0.3 is 45.4 Å². The molecule has 0 amide bonds. The fraction of sp³-hybridized carbons (Fsp3) is 0.412. The monoisotopic (exact) mass is 2300 g/mol. The van der Waals surface area contributed by atoms with Crippen molar-refractivity contribution in [1.82, 2.24) is 59.3 Å². The summed E-state index contributed by atoms with van der Waals surface area (Å²) in [7, 11) is -5.52. The third kappa shape index (κ3) is 48.1. The van der Waals surface area contributed by atoms with Crippen molar-refractivity contribution < 1.29 is 87.5 Å². The molecule has 0 saturated carbocycles. The quantitative estimate of drug-likeness (QED) is 0.00321. The van der Waals surface area contributed by atoms with Crippen molar-refractivity contribution >= 4 is 176 Å². The van der Waals surface area contributed by atoms with Crippen molar-refractivity contribution in [3.8, 4) is 12.3 Å². The Morgan fingerprint density at radius 2 is 0.948 bits per heavy atom. The number of carbonyl (C=O) groups excluding carboxylic acids is 5. The molecule has 5 aromatic carbocycles. The van der Waals surface area contributed by atoms with Crippen molar-refractivity contribution in [2.75, 3.05) is 19.8 Å². The number of H-pyrrole nitrogens is 1. The summed E-state index contributed by atoms with van der Waals surface area (Å²) in [6.07, 6.45) is 11.8. The number of nitrogens with one attached hydrogen (secondary N) is 1. The number of ketones is 4. The molecule has 1 aliphatic heterocycles. The minimum Gasteiger partial charge on any atom is -1.00 e. The number of aldehydes is 1. The van der Waals surface area contributed by atoms with E-state index in [1.807, 2.05) is 92.8 Å². The molecule has 1 fully saturated rings. The number of rotatable bonds is 26. The maximum absolute atomic E-state index is 11.8. The molecule has 0 aliphatic carbocycles. The summed E-state index contributed by atoms with van der Waals surface area (Å²) in [5, 5.41) is 60.6. The first-order valence-corrected chi connectivity index (χ1v) is 56.4. The van der Waals surface area contributed by atoms with Crippen molar-refractivity contribution in [1.29, 1.82) is 0 Å². The van der Waals surface area contributed by atoms with Crippen LogP contribution in [0.5, 0.6) is 0 Å². The van der Waals surface area contributed by atoms with Gasteiger partial charge in [0, 0.05) is 65.9 Å². The van der Waals surface area contributed by atoms with Crippen LogP contribution in [0.2, 0.25) is 59.5 Å². The van der Waals surface area contributed by atoms with Gasteiger partial charge in [-0.05, 0) is 198 Å². The first-order valence-electron chi connectivity index (χ1n) is 42.7. The van der Waals surface area contributed by atoms with Gasteiger partial charge in [0.05, 0.1) is 104 Å². The zero-order valence-electron chi connectivity index (χ0n) is 82.2. The van der Waals surface area contributed by atoms with E-state index in [0.717, 1.165) is 76.2 Å². The van der Waals surface area contributed by atoms with Crippen LogP contribution in [0.15, 0.2) is 178 Å². The third-order valence-electron chi connectivity index (χ3n) is 21.1. The van der Waals surface area contributed by atoms with E-state index in [4.69, 9.17) is 45.4 Å². The number of nitrogens with zero attached hydrogens (tertiary/aromatic N) is 13. The van der Waals surface area contributed by atoms with Gasteiger partial charge in [-0.1, -0.05) is 240 Å². The van der Waals surface area contributed by atoms with E-state index in [2.05, 4.69) is 320 Å². The normalized spacial score (nSPS) is 11.4. The van der Waals surface area contributed by atoms with Gasteiger partial charge in [-0.2, -0.15) is 30.3 Å². The van der Waals surface area contributed by atoms with Crippen LogP contribution in [0.25, 0.3) is 5.53 Å². The molecule has 0 radical (unpaired) electrons. The zero-order chi connectivity index (χ0) is 100. The molecule has 0 spiro atoms. The van der Waals surface area contributed by atoms with Gasteiger partial charge in [-0.3, -0.25) is 47.8 Å². The molecule has 12 rings (SSSR count). The molecule has 1 saturated heterocycles. The molecule has 5 N–H and O–H groups in total. The Kier molecular flexibility index (Phi) is 59.3. The first kappa shape index (κ1) is 126. The van der Waals surface area contributed by atoms with Crippen LogP contribution in [0.1, 0.15) is 219 Å². The Bertz CT molecular complexity index is 5550. The topological polar surface area (TPSA) is 365 Å². The molecule has 135 heavy (non-hydrogen) atoms. The largest absolute Gasteiger partial charge is 1.00 e. The molecule has 1 aliphatic rings. The third-order valence-corrected chi connectivity index (χ3v) is 38.1. The number of aromatic amines is 1. The number of hydrogen-bond acceptors (Lipinski definition) is 20. The molecule has 6 aromatic heterocycles. The summed E-state index contributed by atoms with van der Waals surface area (Å²) < 4.78 is 35.3. The van der Waals surface area contributed by atoms with Crippen LogP contribution in [-0.4, -0.2) is 182 Å². The van der Waals surface area contributed by atoms with E-state index in [-0.39, 0.29) is 102 Å². The average Bonchev–Trinajstić information content (AvgIpc) is 1.59. The molecular weight excluding hydrogens is 2170 g/mol. The number of benzene rings is 5. The van der Waals surface area contributed by atoms with E-state index < -0.39 is 25.0 Å². The van der Waals surface area contributed by atoms with E-state index in [1.165, 1.54) is 73.8 Å². The molecular formula is C97H134AlBr4ClILiN14O13Si3. The van der Waals surface area contributed by atoms with E-state index in [1.54, 1.807) is 23.9 Å². The SMILES string of the molecule is BrCc1cccc(Br)c1.C#CCO.C1CCOC1.CC(=O)C=[N+]=[N-].CC(=O)c1cc(CO)[nH]n1.CC(=O)c1cc(CO)n(Cc2cccc(Br)c2)n1.CC(=O)c1cc(CO[Si](C)(C)C(C)(C)C)n(Cc2cccc(Br)c2)n1.Cc1cccc(Cn2nc(C=O)cc2CO[Si](C)(C)C(C)(C)C)c1.Cc1cccc(Cn2nc(CO)cc2CO[Si](C)(C)C(C)(C)C)c1.Clc1ncncc1I.[AlH3].[H-].[Li+]. The molecule has 728 valence electrons. The number of aryl methyl sites for hydroxylation is 2. The van der Waals surface area contributed by atoms with Gasteiger partial charge in [0.1, 0.15) is 40.9 Å². The Labute approximate surface area is 876 Å². The Morgan fingerprint density at radius 1 is 0.570 bits per heavy atom. The van der Waals surface area contributed by atoms with Gasteiger partial charge in [0.25, 0.3) is 0 Å². The molecule has 38 heteroatoms. The van der Waals surface area contributed by atoms with Gasteiger partial charge >= 0.3 is 25.1 Å². The maximum Gasteiger partial charge on any atom is 1.00 e. The van der Waals surface area contributed by atoms with Crippen LogP contribution in [-0.2, 0) is 94.0 Å². The summed E-state index contributed by atoms with van der Waals surface area (Å²) in [5.74, 6) is 1.51. The molecule has 7 heterocycles. The van der Waals surface area contributed by atoms with E-state index in [0.29, 0.717) is 91.0 Å². The number of hydrogen-bond donors (Lipinski definition) is 5.